The van der Waals surface area contributed by atoms with Gasteiger partial charge in [-0.05, 0) is 43.1 Å². The minimum absolute atomic E-state index is 0.0726. The van der Waals surface area contributed by atoms with Gasteiger partial charge < -0.3 is 5.32 Å². The van der Waals surface area contributed by atoms with Crippen molar-refractivity contribution in [3.63, 3.8) is 0 Å². The Balaban J connectivity index is 3.08. The molecule has 0 aliphatic heterocycles. The van der Waals surface area contributed by atoms with E-state index in [0.717, 1.165) is 29.8 Å². The summed E-state index contributed by atoms with van der Waals surface area (Å²) in [4.78, 5) is 0. The first-order valence-corrected chi connectivity index (χ1v) is 7.66. The Hall–Kier alpha value is -0.550. The average molecular weight is 352 g/mol. The van der Waals surface area contributed by atoms with Crippen LogP contribution in [-0.2, 0) is 6.18 Å². The molecule has 0 aromatic heterocycles. The highest BCUT2D eigenvalue weighted by Gasteiger charge is 2.31. The molecule has 0 fully saturated rings. The predicted molar refractivity (Wildman–Crippen MR) is 79.6 cm³/mol. The molecule has 1 aromatic carbocycles. The molecular formula is C15H21BrF3N. The minimum Gasteiger partial charge on any atom is -0.313 e. The molecule has 0 saturated heterocycles. The lowest BCUT2D eigenvalue weighted by Gasteiger charge is -2.24. The topological polar surface area (TPSA) is 12.0 Å². The highest BCUT2D eigenvalue weighted by molar-refractivity contribution is 9.10. The van der Waals surface area contributed by atoms with Gasteiger partial charge in [0.1, 0.15) is 0 Å². The molecule has 1 atom stereocenters. The van der Waals surface area contributed by atoms with E-state index >= 15 is 0 Å². The predicted octanol–water partition coefficient (Wildman–Crippen LogP) is 5.55. The van der Waals surface area contributed by atoms with E-state index in [2.05, 4.69) is 35.1 Å². The van der Waals surface area contributed by atoms with E-state index in [1.165, 1.54) is 12.1 Å². The largest absolute Gasteiger partial charge is 0.416 e. The second-order valence-corrected chi connectivity index (χ2v) is 5.85. The van der Waals surface area contributed by atoms with Gasteiger partial charge in [0, 0.05) is 10.5 Å². The van der Waals surface area contributed by atoms with Crippen LogP contribution in [0.4, 0.5) is 13.2 Å². The number of halogens is 4. The third kappa shape index (κ3) is 4.48. The molecule has 5 heteroatoms. The molecule has 0 amide bonds. The molecular weight excluding hydrogens is 331 g/mol. The third-order valence-corrected chi connectivity index (χ3v) is 4.49. The van der Waals surface area contributed by atoms with Crippen LogP contribution in [0, 0.1) is 5.92 Å². The first-order chi connectivity index (χ1) is 9.33. The van der Waals surface area contributed by atoms with Gasteiger partial charge >= 0.3 is 6.18 Å². The summed E-state index contributed by atoms with van der Waals surface area (Å²) in [5.41, 5.74) is 0.0784. The summed E-state index contributed by atoms with van der Waals surface area (Å²) < 4.78 is 39.2. The fourth-order valence-corrected chi connectivity index (χ4v) is 2.87. The van der Waals surface area contributed by atoms with Crippen LogP contribution in [0.3, 0.4) is 0 Å². The highest BCUT2D eigenvalue weighted by atomic mass is 79.9. The summed E-state index contributed by atoms with van der Waals surface area (Å²) in [6.45, 7) is 4.23. The lowest BCUT2D eigenvalue weighted by atomic mass is 9.90. The Kier molecular flexibility index (Phi) is 6.52. The van der Waals surface area contributed by atoms with Crippen LogP contribution < -0.4 is 5.32 Å². The molecule has 1 N–H and O–H groups in total. The Morgan fingerprint density at radius 1 is 1.20 bits per heavy atom. The molecule has 1 unspecified atom stereocenters. The van der Waals surface area contributed by atoms with Gasteiger partial charge in [0.2, 0.25) is 0 Å². The zero-order valence-corrected chi connectivity index (χ0v) is 13.6. The van der Waals surface area contributed by atoms with Crippen molar-refractivity contribution in [2.45, 2.75) is 45.3 Å². The van der Waals surface area contributed by atoms with Crippen LogP contribution in [0.25, 0.3) is 0 Å². The molecule has 0 aliphatic carbocycles. The lowest BCUT2D eigenvalue weighted by Crippen LogP contribution is -2.21. The normalized spacial score (nSPS) is 13.8. The van der Waals surface area contributed by atoms with Crippen LogP contribution in [0.2, 0.25) is 0 Å². The van der Waals surface area contributed by atoms with Crippen molar-refractivity contribution in [2.24, 2.45) is 5.92 Å². The van der Waals surface area contributed by atoms with Gasteiger partial charge in [0.15, 0.2) is 0 Å². The highest BCUT2D eigenvalue weighted by Crippen LogP contribution is 2.36. The summed E-state index contributed by atoms with van der Waals surface area (Å²) in [6, 6.07) is 3.76. The monoisotopic (exact) mass is 351 g/mol. The van der Waals surface area contributed by atoms with E-state index in [0.29, 0.717) is 11.5 Å². The summed E-state index contributed by atoms with van der Waals surface area (Å²) in [5.74, 6) is 0.508. The molecule has 1 aromatic rings. The number of alkyl halides is 3. The van der Waals surface area contributed by atoms with Crippen molar-refractivity contribution >= 4 is 15.9 Å². The number of rotatable bonds is 6. The minimum atomic E-state index is -4.30. The van der Waals surface area contributed by atoms with Gasteiger partial charge in [-0.1, -0.05) is 42.6 Å². The summed E-state index contributed by atoms with van der Waals surface area (Å²) in [6.07, 6.45) is -1.40. The van der Waals surface area contributed by atoms with E-state index in [1.807, 2.05) is 0 Å². The van der Waals surface area contributed by atoms with E-state index < -0.39 is 11.7 Å². The Morgan fingerprint density at radius 3 is 2.25 bits per heavy atom. The molecule has 114 valence electrons. The second kappa shape index (κ2) is 7.46. The maximum absolute atomic E-state index is 12.8. The van der Waals surface area contributed by atoms with E-state index in [1.54, 1.807) is 7.05 Å². The average Bonchev–Trinajstić information content (AvgIpc) is 2.40. The zero-order chi connectivity index (χ0) is 15.3. The maximum Gasteiger partial charge on any atom is 0.416 e. The summed E-state index contributed by atoms with van der Waals surface area (Å²) in [7, 11) is 1.79. The van der Waals surface area contributed by atoms with Gasteiger partial charge in [0.05, 0.1) is 5.56 Å². The molecule has 1 rings (SSSR count). The van der Waals surface area contributed by atoms with Crippen molar-refractivity contribution in [2.75, 3.05) is 7.05 Å². The van der Waals surface area contributed by atoms with Crippen molar-refractivity contribution in [3.8, 4) is 0 Å². The van der Waals surface area contributed by atoms with Gasteiger partial charge in [0.25, 0.3) is 0 Å². The Labute approximate surface area is 127 Å². The van der Waals surface area contributed by atoms with Crippen LogP contribution >= 0.6 is 15.9 Å². The van der Waals surface area contributed by atoms with Crippen molar-refractivity contribution in [1.82, 2.24) is 5.32 Å². The molecule has 0 spiro atoms. The zero-order valence-electron chi connectivity index (χ0n) is 12.0. The van der Waals surface area contributed by atoms with Crippen LogP contribution in [0.5, 0.6) is 0 Å². The molecule has 0 bridgehead atoms. The van der Waals surface area contributed by atoms with E-state index in [4.69, 9.17) is 0 Å². The van der Waals surface area contributed by atoms with Crippen molar-refractivity contribution in [3.05, 3.63) is 33.8 Å². The van der Waals surface area contributed by atoms with Crippen LogP contribution in [0.15, 0.2) is 22.7 Å². The van der Waals surface area contributed by atoms with Gasteiger partial charge in [-0.15, -0.1) is 0 Å². The van der Waals surface area contributed by atoms with Crippen LogP contribution in [-0.4, -0.2) is 7.05 Å². The quantitative estimate of drug-likeness (QED) is 0.707. The first-order valence-electron chi connectivity index (χ1n) is 6.87. The van der Waals surface area contributed by atoms with Gasteiger partial charge in [-0.3, -0.25) is 0 Å². The molecule has 1 nitrogen and oxygen atoms in total. The SMILES string of the molecule is CCC(CC)CC(NC)c1cc(C(F)(F)F)ccc1Br. The smallest absolute Gasteiger partial charge is 0.313 e. The summed E-state index contributed by atoms with van der Waals surface area (Å²) >= 11 is 3.37. The van der Waals surface area contributed by atoms with Crippen molar-refractivity contribution < 1.29 is 13.2 Å². The lowest BCUT2D eigenvalue weighted by molar-refractivity contribution is -0.137. The second-order valence-electron chi connectivity index (χ2n) is 4.99. The summed E-state index contributed by atoms with van der Waals surface area (Å²) in [5, 5.41) is 3.14. The Morgan fingerprint density at radius 2 is 1.80 bits per heavy atom. The number of nitrogens with one attached hydrogen (secondary N) is 1. The van der Waals surface area contributed by atoms with E-state index in [9.17, 15) is 13.2 Å². The molecule has 0 radical (unpaired) electrons. The van der Waals surface area contributed by atoms with E-state index in [-0.39, 0.29) is 6.04 Å². The van der Waals surface area contributed by atoms with Gasteiger partial charge in [-0.2, -0.15) is 13.2 Å². The number of hydrogen-bond acceptors (Lipinski definition) is 1. The fourth-order valence-electron chi connectivity index (χ4n) is 2.34. The molecule has 0 aliphatic rings. The van der Waals surface area contributed by atoms with Gasteiger partial charge in [-0.25, -0.2) is 0 Å². The molecule has 0 heterocycles. The Bertz CT molecular complexity index is 428. The molecule has 20 heavy (non-hydrogen) atoms. The third-order valence-electron chi connectivity index (χ3n) is 3.77. The standard InChI is InChI=1S/C15H21BrF3N/c1-4-10(5-2)8-14(20-3)12-9-11(15(17,18)19)6-7-13(12)16/h6-7,9-10,14,20H,4-5,8H2,1-3H3. The first kappa shape index (κ1) is 17.5. The molecule has 0 saturated carbocycles. The number of hydrogen-bond donors (Lipinski definition) is 1. The van der Waals surface area contributed by atoms with Crippen molar-refractivity contribution in [1.29, 1.82) is 0 Å². The van der Waals surface area contributed by atoms with Crippen LogP contribution in [0.1, 0.15) is 50.3 Å². The maximum atomic E-state index is 12.8. The fraction of sp³-hybridized carbons (Fsp3) is 0.600. The number of benzene rings is 1.